The molecule has 1 heterocycles. The Morgan fingerprint density at radius 2 is 1.78 bits per heavy atom. The smallest absolute Gasteiger partial charge is 0.255 e. The van der Waals surface area contributed by atoms with Gasteiger partial charge in [-0.05, 0) is 30.7 Å². The van der Waals surface area contributed by atoms with Crippen LogP contribution in [0.25, 0.3) is 0 Å². The number of carbonyl (C=O) groups excluding carboxylic acids is 2. The summed E-state index contributed by atoms with van der Waals surface area (Å²) in [6, 6.07) is 16.3. The molecule has 0 bridgehead atoms. The quantitative estimate of drug-likeness (QED) is 0.942. The van der Waals surface area contributed by atoms with Gasteiger partial charge < -0.3 is 10.2 Å². The number of hydrogen-bond donors (Lipinski definition) is 1. The molecule has 1 fully saturated rings. The molecule has 1 saturated heterocycles. The van der Waals surface area contributed by atoms with Crippen LogP contribution in [0.5, 0.6) is 0 Å². The number of amides is 2. The van der Waals surface area contributed by atoms with E-state index in [0.29, 0.717) is 17.2 Å². The highest BCUT2D eigenvalue weighted by Gasteiger charge is 2.35. The normalized spacial score (nSPS) is 17.1. The summed E-state index contributed by atoms with van der Waals surface area (Å²) in [7, 11) is 0. The van der Waals surface area contributed by atoms with Gasteiger partial charge in [-0.1, -0.05) is 36.4 Å². The Bertz CT molecular complexity index is 718. The Hall–Kier alpha value is -2.27. The van der Waals surface area contributed by atoms with Crippen molar-refractivity contribution in [2.24, 2.45) is 0 Å². The Morgan fingerprint density at radius 1 is 1.09 bits per heavy atom. The molecule has 2 aromatic rings. The third-order valence-corrected chi connectivity index (χ3v) is 4.88. The van der Waals surface area contributed by atoms with Crippen molar-refractivity contribution in [2.45, 2.75) is 13.0 Å². The molecule has 0 aromatic heterocycles. The van der Waals surface area contributed by atoms with E-state index < -0.39 is 6.04 Å². The molecular weight excluding hydrogens is 308 g/mol. The van der Waals surface area contributed by atoms with E-state index in [4.69, 9.17) is 0 Å². The third kappa shape index (κ3) is 3.40. The average Bonchev–Trinajstić information content (AvgIpc) is 3.07. The van der Waals surface area contributed by atoms with Crippen molar-refractivity contribution in [1.29, 1.82) is 0 Å². The van der Waals surface area contributed by atoms with Crippen LogP contribution in [0.15, 0.2) is 54.6 Å². The monoisotopic (exact) mass is 326 g/mol. The second-order valence-electron chi connectivity index (χ2n) is 5.46. The summed E-state index contributed by atoms with van der Waals surface area (Å²) in [6.07, 6.45) is 0. The van der Waals surface area contributed by atoms with Crippen molar-refractivity contribution in [2.75, 3.05) is 16.9 Å². The molecule has 118 valence electrons. The van der Waals surface area contributed by atoms with Crippen LogP contribution in [0.4, 0.5) is 5.69 Å². The summed E-state index contributed by atoms with van der Waals surface area (Å²) in [4.78, 5) is 26.9. The fourth-order valence-electron chi connectivity index (χ4n) is 2.54. The highest BCUT2D eigenvalue weighted by molar-refractivity contribution is 7.99. The molecule has 2 amide bonds. The van der Waals surface area contributed by atoms with Gasteiger partial charge in [-0.15, -0.1) is 11.8 Å². The van der Waals surface area contributed by atoms with E-state index in [9.17, 15) is 9.59 Å². The van der Waals surface area contributed by atoms with Crippen molar-refractivity contribution < 1.29 is 9.59 Å². The van der Waals surface area contributed by atoms with Gasteiger partial charge in [0.05, 0.1) is 5.88 Å². The minimum Gasteiger partial charge on any atom is -0.324 e. The van der Waals surface area contributed by atoms with Crippen LogP contribution >= 0.6 is 11.8 Å². The second kappa shape index (κ2) is 6.87. The summed E-state index contributed by atoms with van der Waals surface area (Å²) in [5.74, 6) is 0.935. The van der Waals surface area contributed by atoms with Crippen LogP contribution in [0.2, 0.25) is 0 Å². The van der Waals surface area contributed by atoms with Crippen LogP contribution in [0, 0.1) is 6.92 Å². The molecular formula is C18H18N2O2S. The van der Waals surface area contributed by atoms with Crippen molar-refractivity contribution in [3.8, 4) is 0 Å². The number of para-hydroxylation sites is 1. The van der Waals surface area contributed by atoms with Crippen LogP contribution in [0.3, 0.4) is 0 Å². The lowest BCUT2D eigenvalue weighted by molar-refractivity contribution is -0.119. The third-order valence-electron chi connectivity index (χ3n) is 3.87. The highest BCUT2D eigenvalue weighted by Crippen LogP contribution is 2.25. The highest BCUT2D eigenvalue weighted by atomic mass is 32.2. The van der Waals surface area contributed by atoms with E-state index >= 15 is 0 Å². The minimum absolute atomic E-state index is 0.0967. The molecule has 0 radical (unpaired) electrons. The van der Waals surface area contributed by atoms with Crippen molar-refractivity contribution in [1.82, 2.24) is 4.90 Å². The lowest BCUT2D eigenvalue weighted by Gasteiger charge is -2.23. The van der Waals surface area contributed by atoms with E-state index in [1.54, 1.807) is 28.8 Å². The lowest BCUT2D eigenvalue weighted by Crippen LogP contribution is -2.44. The Labute approximate surface area is 139 Å². The first-order valence-corrected chi connectivity index (χ1v) is 8.62. The first-order chi connectivity index (χ1) is 11.2. The molecule has 4 nitrogen and oxygen atoms in total. The number of nitrogens with one attached hydrogen (secondary N) is 1. The van der Waals surface area contributed by atoms with Gasteiger partial charge in [0.15, 0.2) is 0 Å². The number of hydrogen-bond acceptors (Lipinski definition) is 3. The number of nitrogens with zero attached hydrogens (tertiary/aromatic N) is 1. The summed E-state index contributed by atoms with van der Waals surface area (Å²) < 4.78 is 0. The SMILES string of the molecule is Cc1ccccc1NC(=O)[C@H]1CSCN1C(=O)c1ccccc1. The zero-order valence-electron chi connectivity index (χ0n) is 12.9. The fourth-order valence-corrected chi connectivity index (χ4v) is 3.69. The standard InChI is InChI=1S/C18H18N2O2S/c1-13-7-5-6-10-15(13)19-17(21)16-11-23-12-20(16)18(22)14-8-3-2-4-9-14/h2-10,16H,11-12H2,1H3,(H,19,21)/t16-/m1/s1. The van der Waals surface area contributed by atoms with Crippen molar-refractivity contribution in [3.63, 3.8) is 0 Å². The van der Waals surface area contributed by atoms with E-state index in [-0.39, 0.29) is 11.8 Å². The molecule has 2 aromatic carbocycles. The largest absolute Gasteiger partial charge is 0.324 e. The molecule has 1 atom stereocenters. The van der Waals surface area contributed by atoms with E-state index in [2.05, 4.69) is 5.32 Å². The second-order valence-corrected chi connectivity index (χ2v) is 6.46. The first kappa shape index (κ1) is 15.6. The predicted octanol–water partition coefficient (Wildman–Crippen LogP) is 3.15. The van der Waals surface area contributed by atoms with Crippen LogP contribution in [-0.2, 0) is 4.79 Å². The van der Waals surface area contributed by atoms with Gasteiger partial charge in [-0.3, -0.25) is 9.59 Å². The predicted molar refractivity (Wildman–Crippen MR) is 93.5 cm³/mol. The summed E-state index contributed by atoms with van der Waals surface area (Å²) in [5.41, 5.74) is 2.41. The summed E-state index contributed by atoms with van der Waals surface area (Å²) in [5, 5.41) is 2.94. The molecule has 1 aliphatic rings. The van der Waals surface area contributed by atoms with E-state index in [1.807, 2.05) is 49.4 Å². The molecule has 0 saturated carbocycles. The molecule has 1 aliphatic heterocycles. The van der Waals surface area contributed by atoms with Gasteiger partial charge in [0.2, 0.25) is 5.91 Å². The zero-order valence-corrected chi connectivity index (χ0v) is 13.7. The number of anilines is 1. The lowest BCUT2D eigenvalue weighted by atomic mass is 10.1. The minimum atomic E-state index is -0.438. The number of benzene rings is 2. The average molecular weight is 326 g/mol. The van der Waals surface area contributed by atoms with Gasteiger partial charge in [0.1, 0.15) is 6.04 Å². The molecule has 5 heteroatoms. The molecule has 3 rings (SSSR count). The van der Waals surface area contributed by atoms with Gasteiger partial charge in [0.25, 0.3) is 5.91 Å². The number of thioether (sulfide) groups is 1. The van der Waals surface area contributed by atoms with Gasteiger partial charge in [-0.2, -0.15) is 0 Å². The number of carbonyl (C=O) groups is 2. The Balaban J connectivity index is 1.75. The van der Waals surface area contributed by atoms with E-state index in [1.165, 1.54) is 0 Å². The van der Waals surface area contributed by atoms with E-state index in [0.717, 1.165) is 11.3 Å². The van der Waals surface area contributed by atoms with Crippen molar-refractivity contribution in [3.05, 3.63) is 65.7 Å². The maximum atomic E-state index is 12.6. The molecule has 1 N–H and O–H groups in total. The first-order valence-electron chi connectivity index (χ1n) is 7.47. The topological polar surface area (TPSA) is 49.4 Å². The number of aryl methyl sites for hydroxylation is 1. The zero-order chi connectivity index (χ0) is 16.2. The molecule has 0 unspecified atom stereocenters. The van der Waals surface area contributed by atoms with Crippen LogP contribution in [-0.4, -0.2) is 34.4 Å². The fraction of sp³-hybridized carbons (Fsp3) is 0.222. The van der Waals surface area contributed by atoms with Crippen LogP contribution < -0.4 is 5.32 Å². The maximum absolute atomic E-state index is 12.6. The van der Waals surface area contributed by atoms with Gasteiger partial charge in [-0.25, -0.2) is 0 Å². The molecule has 0 aliphatic carbocycles. The molecule has 23 heavy (non-hydrogen) atoms. The van der Waals surface area contributed by atoms with Gasteiger partial charge in [0, 0.05) is 17.0 Å². The number of rotatable bonds is 3. The summed E-state index contributed by atoms with van der Waals surface area (Å²) in [6.45, 7) is 1.95. The maximum Gasteiger partial charge on any atom is 0.255 e. The Kier molecular flexibility index (Phi) is 4.67. The van der Waals surface area contributed by atoms with Gasteiger partial charge >= 0.3 is 0 Å². The molecule has 0 spiro atoms. The van der Waals surface area contributed by atoms with Crippen molar-refractivity contribution >= 4 is 29.3 Å². The summed E-state index contributed by atoms with van der Waals surface area (Å²) >= 11 is 1.60. The van der Waals surface area contributed by atoms with Crippen LogP contribution in [0.1, 0.15) is 15.9 Å². The Morgan fingerprint density at radius 3 is 2.52 bits per heavy atom.